The van der Waals surface area contributed by atoms with E-state index in [1.165, 1.54) is 5.56 Å². The molecule has 0 aliphatic carbocycles. The van der Waals surface area contributed by atoms with Crippen LogP contribution >= 0.6 is 43.5 Å². The zero-order chi connectivity index (χ0) is 7.56. The maximum atomic E-state index is 5.69. The van der Waals surface area contributed by atoms with Crippen LogP contribution in [0.25, 0.3) is 0 Å². The van der Waals surface area contributed by atoms with E-state index < -0.39 is 0 Å². The zero-order valence-electron chi connectivity index (χ0n) is 5.02. The fraction of sp³-hybridized carbons (Fsp3) is 0.143. The molecule has 10 heavy (non-hydrogen) atoms. The standard InChI is InChI=1S/C7H5Br2Cl/c8-7(9)5-1-3-6(10)4-2-5/h1-4,7H. The average molecular weight is 284 g/mol. The highest BCUT2D eigenvalue weighted by molar-refractivity contribution is 9.24. The van der Waals surface area contributed by atoms with Crippen LogP contribution in [0, 0.1) is 0 Å². The van der Waals surface area contributed by atoms with E-state index in [2.05, 4.69) is 31.9 Å². The van der Waals surface area contributed by atoms with Crippen molar-refractivity contribution < 1.29 is 0 Å². The summed E-state index contributed by atoms with van der Waals surface area (Å²) in [5, 5.41) is 0.768. The Labute approximate surface area is 81.8 Å². The molecule has 0 aliphatic heterocycles. The predicted octanol–water partition coefficient (Wildman–Crippen LogP) is 4.13. The second-order valence-electron chi connectivity index (χ2n) is 1.85. The molecule has 1 aromatic carbocycles. The van der Waals surface area contributed by atoms with E-state index in [0.29, 0.717) is 0 Å². The summed E-state index contributed by atoms with van der Waals surface area (Å²) >= 11 is 12.4. The van der Waals surface area contributed by atoms with E-state index in [1.807, 2.05) is 24.3 Å². The van der Waals surface area contributed by atoms with Crippen molar-refractivity contribution >= 4 is 43.5 Å². The number of alkyl halides is 2. The van der Waals surface area contributed by atoms with Gasteiger partial charge in [0.2, 0.25) is 0 Å². The van der Waals surface area contributed by atoms with Crippen LogP contribution in [0.2, 0.25) is 5.02 Å². The second-order valence-corrected chi connectivity index (χ2v) is 5.35. The molecule has 0 nitrogen and oxygen atoms in total. The van der Waals surface area contributed by atoms with Crippen molar-refractivity contribution in [2.75, 3.05) is 0 Å². The lowest BCUT2D eigenvalue weighted by atomic mass is 10.2. The smallest absolute Gasteiger partial charge is 0.0843 e. The molecule has 0 fully saturated rings. The molecule has 0 atom stereocenters. The van der Waals surface area contributed by atoms with Gasteiger partial charge < -0.3 is 0 Å². The van der Waals surface area contributed by atoms with Crippen molar-refractivity contribution in [3.63, 3.8) is 0 Å². The van der Waals surface area contributed by atoms with Gasteiger partial charge in [-0.3, -0.25) is 0 Å². The third-order valence-electron chi connectivity index (χ3n) is 1.12. The van der Waals surface area contributed by atoms with E-state index in [9.17, 15) is 0 Å². The molecule has 0 saturated heterocycles. The quantitative estimate of drug-likeness (QED) is 0.680. The summed E-state index contributed by atoms with van der Waals surface area (Å²) in [6, 6.07) is 7.67. The average Bonchev–Trinajstić information content (AvgIpc) is 1.88. The SMILES string of the molecule is Clc1ccc(C(Br)Br)cc1. The first-order chi connectivity index (χ1) is 4.70. The second kappa shape index (κ2) is 3.74. The fourth-order valence-corrected chi connectivity index (χ4v) is 1.34. The van der Waals surface area contributed by atoms with Gasteiger partial charge in [0.15, 0.2) is 0 Å². The van der Waals surface area contributed by atoms with Gasteiger partial charge in [-0.25, -0.2) is 0 Å². The normalized spacial score (nSPS) is 10.4. The molecule has 0 bridgehead atoms. The Morgan fingerprint density at radius 3 is 2.00 bits per heavy atom. The summed E-state index contributed by atoms with van der Waals surface area (Å²) in [7, 11) is 0. The van der Waals surface area contributed by atoms with Gasteiger partial charge in [-0.2, -0.15) is 0 Å². The lowest BCUT2D eigenvalue weighted by molar-refractivity contribution is 1.42. The molecule has 0 unspecified atom stereocenters. The van der Waals surface area contributed by atoms with E-state index in [4.69, 9.17) is 11.6 Å². The summed E-state index contributed by atoms with van der Waals surface area (Å²) in [4.78, 5) is 0. The van der Waals surface area contributed by atoms with E-state index in [1.54, 1.807) is 0 Å². The van der Waals surface area contributed by atoms with Crippen molar-refractivity contribution in [2.45, 2.75) is 3.74 Å². The van der Waals surface area contributed by atoms with Gasteiger partial charge in [0.25, 0.3) is 0 Å². The van der Waals surface area contributed by atoms with Crippen molar-refractivity contribution in [2.24, 2.45) is 0 Å². The predicted molar refractivity (Wildman–Crippen MR) is 52.0 cm³/mol. The summed E-state index contributed by atoms with van der Waals surface area (Å²) in [5.41, 5.74) is 1.17. The third-order valence-corrected chi connectivity index (χ3v) is 2.43. The molecule has 0 aromatic heterocycles. The van der Waals surface area contributed by atoms with Crippen molar-refractivity contribution in [3.8, 4) is 0 Å². The maximum absolute atomic E-state index is 5.69. The first kappa shape index (κ1) is 8.57. The molecular formula is C7H5Br2Cl. The minimum Gasteiger partial charge on any atom is -0.0843 e. The highest BCUT2D eigenvalue weighted by Gasteiger charge is 1.99. The molecule has 0 saturated carbocycles. The van der Waals surface area contributed by atoms with Crippen LogP contribution in [0.5, 0.6) is 0 Å². The Morgan fingerprint density at radius 1 is 1.10 bits per heavy atom. The fourth-order valence-electron chi connectivity index (χ4n) is 0.608. The number of benzene rings is 1. The lowest BCUT2D eigenvalue weighted by Crippen LogP contribution is -1.77. The van der Waals surface area contributed by atoms with E-state index in [0.717, 1.165) is 5.02 Å². The van der Waals surface area contributed by atoms with Crippen LogP contribution in [-0.2, 0) is 0 Å². The molecule has 1 aromatic rings. The van der Waals surface area contributed by atoms with Gasteiger partial charge in [-0.15, -0.1) is 0 Å². The minimum atomic E-state index is 0.220. The minimum absolute atomic E-state index is 0.220. The monoisotopic (exact) mass is 282 g/mol. The summed E-state index contributed by atoms with van der Waals surface area (Å²) in [6.45, 7) is 0. The topological polar surface area (TPSA) is 0 Å². The largest absolute Gasteiger partial charge is 0.0946 e. The van der Waals surface area contributed by atoms with Crippen LogP contribution in [0.3, 0.4) is 0 Å². The van der Waals surface area contributed by atoms with Crippen molar-refractivity contribution in [3.05, 3.63) is 34.9 Å². The molecule has 0 heterocycles. The molecule has 1 rings (SSSR count). The van der Waals surface area contributed by atoms with E-state index >= 15 is 0 Å². The lowest BCUT2D eigenvalue weighted by Gasteiger charge is -1.99. The van der Waals surface area contributed by atoms with Gasteiger partial charge in [0.1, 0.15) is 0 Å². The van der Waals surface area contributed by atoms with Crippen LogP contribution < -0.4 is 0 Å². The van der Waals surface area contributed by atoms with Gasteiger partial charge >= 0.3 is 0 Å². The number of hydrogen-bond donors (Lipinski definition) is 0. The first-order valence-corrected chi connectivity index (χ1v) is 4.94. The molecule has 0 radical (unpaired) electrons. The molecule has 54 valence electrons. The van der Waals surface area contributed by atoms with Crippen LogP contribution in [-0.4, -0.2) is 0 Å². The Morgan fingerprint density at radius 2 is 1.60 bits per heavy atom. The Bertz CT molecular complexity index is 205. The highest BCUT2D eigenvalue weighted by Crippen LogP contribution is 2.29. The molecule has 0 aliphatic rings. The van der Waals surface area contributed by atoms with Gasteiger partial charge in [-0.05, 0) is 17.7 Å². The molecule has 0 amide bonds. The van der Waals surface area contributed by atoms with Crippen molar-refractivity contribution in [1.29, 1.82) is 0 Å². The number of halogens is 3. The van der Waals surface area contributed by atoms with Crippen LogP contribution in [0.15, 0.2) is 24.3 Å². The van der Waals surface area contributed by atoms with Crippen molar-refractivity contribution in [1.82, 2.24) is 0 Å². The third kappa shape index (κ3) is 2.26. The summed E-state index contributed by atoms with van der Waals surface area (Å²) in [6.07, 6.45) is 0. The molecule has 0 N–H and O–H groups in total. The molecule has 3 heteroatoms. The number of rotatable bonds is 1. The highest BCUT2D eigenvalue weighted by atomic mass is 79.9. The maximum Gasteiger partial charge on any atom is 0.0946 e. The number of hydrogen-bond acceptors (Lipinski definition) is 0. The Balaban J connectivity index is 2.89. The van der Waals surface area contributed by atoms with Gasteiger partial charge in [0, 0.05) is 5.02 Å². The molecule has 0 spiro atoms. The van der Waals surface area contributed by atoms with Crippen LogP contribution in [0.4, 0.5) is 0 Å². The zero-order valence-corrected chi connectivity index (χ0v) is 8.95. The Kier molecular flexibility index (Phi) is 3.21. The molecular weight excluding hydrogens is 279 g/mol. The summed E-state index contributed by atoms with van der Waals surface area (Å²) in [5.74, 6) is 0. The van der Waals surface area contributed by atoms with Crippen LogP contribution in [0.1, 0.15) is 9.30 Å². The van der Waals surface area contributed by atoms with Gasteiger partial charge in [-0.1, -0.05) is 55.6 Å². The Hall–Kier alpha value is 0.470. The summed E-state index contributed by atoms with van der Waals surface area (Å²) < 4.78 is 0.220. The first-order valence-electron chi connectivity index (χ1n) is 2.74. The van der Waals surface area contributed by atoms with Gasteiger partial charge in [0.05, 0.1) is 3.74 Å². The van der Waals surface area contributed by atoms with E-state index in [-0.39, 0.29) is 3.74 Å².